The van der Waals surface area contributed by atoms with Gasteiger partial charge in [-0.3, -0.25) is 15.1 Å². The standard InChI is InChI=1S/C20H26N2O5/c1-19(2,3)27-18(23)17-13-21-12-15(9-10-26-5)20(17,4)14-7-6-8-16(11-14)22(24)25/h6-8,11-13,15H,9-10H2,1-5H3. The molecule has 7 nitrogen and oxygen atoms in total. The Labute approximate surface area is 159 Å². The molecule has 146 valence electrons. The van der Waals surface area contributed by atoms with Gasteiger partial charge in [0.1, 0.15) is 5.60 Å². The second-order valence-electron chi connectivity index (χ2n) is 7.74. The quantitative estimate of drug-likeness (QED) is 0.429. The van der Waals surface area contributed by atoms with Gasteiger partial charge in [0.05, 0.1) is 10.5 Å². The van der Waals surface area contributed by atoms with Crippen molar-refractivity contribution in [3.63, 3.8) is 0 Å². The summed E-state index contributed by atoms with van der Waals surface area (Å²) in [5, 5.41) is 11.2. The van der Waals surface area contributed by atoms with Crippen molar-refractivity contribution in [2.75, 3.05) is 13.7 Å². The van der Waals surface area contributed by atoms with E-state index in [0.717, 1.165) is 0 Å². The normalized spacial score (nSPS) is 22.3. The van der Waals surface area contributed by atoms with Crippen LogP contribution >= 0.6 is 0 Å². The molecule has 0 saturated heterocycles. The zero-order chi connectivity index (χ0) is 20.2. The Morgan fingerprint density at radius 1 is 1.37 bits per heavy atom. The maximum Gasteiger partial charge on any atom is 0.337 e. The molecule has 27 heavy (non-hydrogen) atoms. The Hall–Kier alpha value is -2.54. The molecule has 2 rings (SSSR count). The molecule has 1 aliphatic rings. The Morgan fingerprint density at radius 3 is 2.67 bits per heavy atom. The lowest BCUT2D eigenvalue weighted by Gasteiger charge is -2.39. The van der Waals surface area contributed by atoms with E-state index in [4.69, 9.17) is 9.47 Å². The van der Waals surface area contributed by atoms with Crippen LogP contribution in [0.5, 0.6) is 0 Å². The fourth-order valence-electron chi connectivity index (χ4n) is 3.22. The maximum atomic E-state index is 12.9. The van der Waals surface area contributed by atoms with Crippen LogP contribution in [0.4, 0.5) is 5.69 Å². The number of benzene rings is 1. The van der Waals surface area contributed by atoms with Gasteiger partial charge in [-0.25, -0.2) is 4.79 Å². The summed E-state index contributed by atoms with van der Waals surface area (Å²) in [6.45, 7) is 7.76. The van der Waals surface area contributed by atoms with Crippen LogP contribution in [0.1, 0.15) is 39.7 Å². The molecule has 2 atom stereocenters. The van der Waals surface area contributed by atoms with Gasteiger partial charge in [-0.05, 0) is 32.8 Å². The van der Waals surface area contributed by atoms with Crippen LogP contribution in [0.2, 0.25) is 0 Å². The first-order valence-electron chi connectivity index (χ1n) is 8.80. The van der Waals surface area contributed by atoms with Crippen LogP contribution in [0.3, 0.4) is 0 Å². The number of carbonyl (C=O) groups is 1. The molecule has 0 saturated carbocycles. The van der Waals surface area contributed by atoms with Crippen LogP contribution < -0.4 is 0 Å². The topological polar surface area (TPSA) is 91.0 Å². The number of hydrogen-bond donors (Lipinski definition) is 0. The second kappa shape index (κ2) is 8.00. The zero-order valence-electron chi connectivity index (χ0n) is 16.4. The molecule has 0 bridgehead atoms. The number of hydrogen-bond acceptors (Lipinski definition) is 6. The highest BCUT2D eigenvalue weighted by atomic mass is 16.6. The molecular weight excluding hydrogens is 348 g/mol. The van der Waals surface area contributed by atoms with E-state index in [1.54, 1.807) is 46.2 Å². The van der Waals surface area contributed by atoms with E-state index in [-0.39, 0.29) is 11.6 Å². The van der Waals surface area contributed by atoms with E-state index >= 15 is 0 Å². The summed E-state index contributed by atoms with van der Waals surface area (Å²) < 4.78 is 10.8. The van der Waals surface area contributed by atoms with Crippen molar-refractivity contribution in [3.8, 4) is 0 Å². The van der Waals surface area contributed by atoms with Crippen molar-refractivity contribution in [2.45, 2.75) is 45.1 Å². The minimum absolute atomic E-state index is 0.0229. The number of nitro benzene ring substituents is 1. The van der Waals surface area contributed by atoms with Gasteiger partial charge in [-0.1, -0.05) is 19.1 Å². The third-order valence-corrected chi connectivity index (χ3v) is 4.68. The molecule has 0 spiro atoms. The van der Waals surface area contributed by atoms with Crippen LogP contribution in [0, 0.1) is 16.0 Å². The second-order valence-corrected chi connectivity index (χ2v) is 7.74. The molecule has 0 fully saturated rings. The van der Waals surface area contributed by atoms with E-state index < -0.39 is 21.9 Å². The lowest BCUT2D eigenvalue weighted by Crippen LogP contribution is -2.42. The number of carbonyl (C=O) groups excluding carboxylic acids is 1. The summed E-state index contributed by atoms with van der Waals surface area (Å²) in [6, 6.07) is 6.37. The third-order valence-electron chi connectivity index (χ3n) is 4.68. The van der Waals surface area contributed by atoms with Gasteiger partial charge in [-0.2, -0.15) is 0 Å². The molecule has 2 unspecified atom stereocenters. The van der Waals surface area contributed by atoms with Gasteiger partial charge in [0.25, 0.3) is 5.69 Å². The number of nitrogens with zero attached hydrogens (tertiary/aromatic N) is 2. The third kappa shape index (κ3) is 4.60. The van der Waals surface area contributed by atoms with E-state index in [9.17, 15) is 14.9 Å². The molecule has 1 aliphatic heterocycles. The van der Waals surface area contributed by atoms with Gasteiger partial charge in [0.15, 0.2) is 0 Å². The summed E-state index contributed by atoms with van der Waals surface area (Å²) in [4.78, 5) is 28.0. The molecule has 0 N–H and O–H groups in total. The maximum absolute atomic E-state index is 12.9. The molecule has 0 aliphatic carbocycles. The van der Waals surface area contributed by atoms with Crippen LogP contribution in [0.25, 0.3) is 0 Å². The van der Waals surface area contributed by atoms with E-state index in [1.807, 2.05) is 6.92 Å². The van der Waals surface area contributed by atoms with Crippen molar-refractivity contribution in [1.82, 2.24) is 0 Å². The smallest absolute Gasteiger partial charge is 0.337 e. The first-order chi connectivity index (χ1) is 12.6. The minimum atomic E-state index is -0.825. The number of nitro groups is 1. The number of methoxy groups -OCH3 is 1. The number of aliphatic imine (C=N–C) groups is 1. The van der Waals surface area contributed by atoms with Crippen molar-refractivity contribution in [3.05, 3.63) is 51.7 Å². The number of ether oxygens (including phenoxy) is 2. The van der Waals surface area contributed by atoms with E-state index in [1.165, 1.54) is 18.3 Å². The largest absolute Gasteiger partial charge is 0.457 e. The summed E-state index contributed by atoms with van der Waals surface area (Å²) in [7, 11) is 1.61. The highest BCUT2D eigenvalue weighted by Gasteiger charge is 2.45. The molecule has 1 aromatic carbocycles. The van der Waals surface area contributed by atoms with Gasteiger partial charge in [0.2, 0.25) is 0 Å². The Bertz CT molecular complexity index is 779. The fourth-order valence-corrected chi connectivity index (χ4v) is 3.22. The van der Waals surface area contributed by atoms with Gasteiger partial charge < -0.3 is 9.47 Å². The van der Waals surface area contributed by atoms with Crippen molar-refractivity contribution in [2.24, 2.45) is 10.9 Å². The van der Waals surface area contributed by atoms with Crippen LogP contribution in [-0.4, -0.2) is 36.4 Å². The number of esters is 1. The molecule has 1 heterocycles. The predicted molar refractivity (Wildman–Crippen MR) is 103 cm³/mol. The average Bonchev–Trinajstić information content (AvgIpc) is 2.59. The molecule has 7 heteroatoms. The summed E-state index contributed by atoms with van der Waals surface area (Å²) in [6.07, 6.45) is 3.88. The van der Waals surface area contributed by atoms with Gasteiger partial charge in [0, 0.05) is 49.6 Å². The van der Waals surface area contributed by atoms with Crippen LogP contribution in [0.15, 0.2) is 41.0 Å². The highest BCUT2D eigenvalue weighted by molar-refractivity contribution is 5.94. The SMILES string of the molecule is COCCC1C=NC=C(C(=O)OC(C)(C)C)C1(C)c1cccc([N+](=O)[O-])c1. The van der Waals surface area contributed by atoms with E-state index in [2.05, 4.69) is 4.99 Å². The van der Waals surface area contributed by atoms with Gasteiger partial charge in [-0.15, -0.1) is 0 Å². The molecule has 0 radical (unpaired) electrons. The fraction of sp³-hybridized carbons (Fsp3) is 0.500. The molecule has 0 amide bonds. The predicted octanol–water partition coefficient (Wildman–Crippen LogP) is 3.82. The van der Waals surface area contributed by atoms with Crippen molar-refractivity contribution >= 4 is 17.9 Å². The average molecular weight is 374 g/mol. The first kappa shape index (κ1) is 20.8. The lowest BCUT2D eigenvalue weighted by molar-refractivity contribution is -0.385. The monoisotopic (exact) mass is 374 g/mol. The number of non-ortho nitro benzene ring substituents is 1. The lowest BCUT2D eigenvalue weighted by atomic mass is 9.65. The first-order valence-corrected chi connectivity index (χ1v) is 8.80. The summed E-state index contributed by atoms with van der Waals surface area (Å²) in [5.74, 6) is -0.650. The van der Waals surface area contributed by atoms with Gasteiger partial charge >= 0.3 is 5.97 Å². The van der Waals surface area contributed by atoms with E-state index in [0.29, 0.717) is 24.2 Å². The minimum Gasteiger partial charge on any atom is -0.457 e. The van der Waals surface area contributed by atoms with Crippen molar-refractivity contribution in [1.29, 1.82) is 0 Å². The molecule has 0 aromatic heterocycles. The Balaban J connectivity index is 2.55. The highest BCUT2D eigenvalue weighted by Crippen LogP contribution is 2.43. The Morgan fingerprint density at radius 2 is 2.07 bits per heavy atom. The molecule has 1 aromatic rings. The van der Waals surface area contributed by atoms with Crippen LogP contribution in [-0.2, 0) is 19.7 Å². The number of rotatable bonds is 6. The Kier molecular flexibility index (Phi) is 6.15. The van der Waals surface area contributed by atoms with Crippen molar-refractivity contribution < 1.29 is 19.2 Å². The zero-order valence-corrected chi connectivity index (χ0v) is 16.4. The summed E-state index contributed by atoms with van der Waals surface area (Å²) in [5.41, 5.74) is -0.466. The summed E-state index contributed by atoms with van der Waals surface area (Å²) >= 11 is 0. The molecular formula is C20H26N2O5.